The van der Waals surface area contributed by atoms with Crippen molar-refractivity contribution in [2.75, 3.05) is 12.8 Å². The molecule has 0 aliphatic heterocycles. The number of nitrogen functional groups attached to an aromatic ring is 1. The van der Waals surface area contributed by atoms with E-state index in [-0.39, 0.29) is 28.5 Å². The van der Waals surface area contributed by atoms with E-state index in [0.29, 0.717) is 12.0 Å². The Balaban J connectivity index is 1.63. The summed E-state index contributed by atoms with van der Waals surface area (Å²) in [7, 11) is -2.38. The summed E-state index contributed by atoms with van der Waals surface area (Å²) in [6.45, 7) is 1.86. The lowest BCUT2D eigenvalue weighted by Gasteiger charge is -2.10. The second-order valence-corrected chi connectivity index (χ2v) is 8.33. The summed E-state index contributed by atoms with van der Waals surface area (Å²) in [5.74, 6) is -0.103. The molecule has 2 aromatic heterocycles. The van der Waals surface area contributed by atoms with Crippen LogP contribution in [0.4, 0.5) is 5.82 Å². The molecule has 5 N–H and O–H groups in total. The van der Waals surface area contributed by atoms with Crippen LogP contribution in [0.2, 0.25) is 0 Å². The SMILES string of the molecule is CNS(=O)(=O)c1cc(/C=C/C[C@H](C)NC(=O)c2nc3ccccc3[nH]2)cnc1N. The van der Waals surface area contributed by atoms with Crippen molar-refractivity contribution >= 4 is 38.9 Å². The maximum atomic E-state index is 12.4. The number of hydrogen-bond donors (Lipinski definition) is 4. The zero-order valence-electron chi connectivity index (χ0n) is 16.0. The van der Waals surface area contributed by atoms with E-state index in [1.54, 1.807) is 6.08 Å². The van der Waals surface area contributed by atoms with Crippen molar-refractivity contribution in [3.63, 3.8) is 0 Å². The lowest BCUT2D eigenvalue weighted by atomic mass is 10.2. The molecule has 0 aliphatic carbocycles. The first-order valence-corrected chi connectivity index (χ1v) is 10.4. The van der Waals surface area contributed by atoms with Gasteiger partial charge in [0.25, 0.3) is 5.91 Å². The number of hydrogen-bond acceptors (Lipinski definition) is 6. The van der Waals surface area contributed by atoms with Crippen LogP contribution in [0.5, 0.6) is 0 Å². The number of amides is 1. The van der Waals surface area contributed by atoms with Crippen LogP contribution in [0.3, 0.4) is 0 Å². The lowest BCUT2D eigenvalue weighted by molar-refractivity contribution is 0.0931. The third kappa shape index (κ3) is 4.79. The highest BCUT2D eigenvalue weighted by Crippen LogP contribution is 2.18. The number of nitrogens with one attached hydrogen (secondary N) is 3. The van der Waals surface area contributed by atoms with Crippen molar-refractivity contribution in [2.24, 2.45) is 0 Å². The summed E-state index contributed by atoms with van der Waals surface area (Å²) < 4.78 is 26.1. The Morgan fingerprint density at radius 3 is 2.83 bits per heavy atom. The number of aromatic nitrogens is 3. The van der Waals surface area contributed by atoms with Gasteiger partial charge in [-0.15, -0.1) is 0 Å². The Labute approximate surface area is 168 Å². The molecule has 3 rings (SSSR count). The van der Waals surface area contributed by atoms with Crippen molar-refractivity contribution in [3.8, 4) is 0 Å². The van der Waals surface area contributed by atoms with Gasteiger partial charge in [-0.25, -0.2) is 23.1 Å². The molecule has 1 atom stereocenters. The van der Waals surface area contributed by atoms with Crippen LogP contribution in [-0.2, 0) is 10.0 Å². The largest absolute Gasteiger partial charge is 0.383 e. The summed E-state index contributed by atoms with van der Waals surface area (Å²) in [6, 6.07) is 8.70. The van der Waals surface area contributed by atoms with E-state index in [2.05, 4.69) is 25.0 Å². The molecule has 10 heteroatoms. The lowest BCUT2D eigenvalue weighted by Crippen LogP contribution is -2.32. The first kappa shape index (κ1) is 20.5. The normalized spacial score (nSPS) is 13.0. The highest BCUT2D eigenvalue weighted by atomic mass is 32.2. The zero-order valence-corrected chi connectivity index (χ0v) is 16.8. The quantitative estimate of drug-likeness (QED) is 0.463. The van der Waals surface area contributed by atoms with Gasteiger partial charge in [0.1, 0.15) is 10.7 Å². The average Bonchev–Trinajstić information content (AvgIpc) is 3.13. The number of nitrogens with two attached hydrogens (primary N) is 1. The van der Waals surface area contributed by atoms with Crippen molar-refractivity contribution in [1.82, 2.24) is 25.0 Å². The maximum absolute atomic E-state index is 12.4. The summed E-state index contributed by atoms with van der Waals surface area (Å²) in [6.07, 6.45) is 5.57. The second-order valence-electron chi connectivity index (χ2n) is 6.47. The predicted octanol–water partition coefficient (Wildman–Crippen LogP) is 1.67. The first-order valence-electron chi connectivity index (χ1n) is 8.91. The van der Waals surface area contributed by atoms with E-state index < -0.39 is 10.0 Å². The van der Waals surface area contributed by atoms with Crippen LogP contribution in [0.1, 0.15) is 29.5 Å². The van der Waals surface area contributed by atoms with Crippen molar-refractivity contribution in [3.05, 3.63) is 54.0 Å². The number of rotatable bonds is 7. The number of benzene rings is 1. The molecule has 0 unspecified atom stereocenters. The maximum Gasteiger partial charge on any atom is 0.287 e. The van der Waals surface area contributed by atoms with E-state index in [0.717, 1.165) is 11.0 Å². The monoisotopic (exact) mass is 414 g/mol. The molecule has 1 amide bonds. The minimum absolute atomic E-state index is 0.0667. The number of sulfonamides is 1. The number of carbonyl (C=O) groups excluding carboxylic acids is 1. The summed E-state index contributed by atoms with van der Waals surface area (Å²) in [5.41, 5.74) is 7.77. The number of carbonyl (C=O) groups is 1. The number of fused-ring (bicyclic) bond motifs is 1. The van der Waals surface area contributed by atoms with Gasteiger partial charge in [-0.1, -0.05) is 24.3 Å². The van der Waals surface area contributed by atoms with Crippen LogP contribution >= 0.6 is 0 Å². The van der Waals surface area contributed by atoms with E-state index in [9.17, 15) is 13.2 Å². The molecule has 3 aromatic rings. The highest BCUT2D eigenvalue weighted by molar-refractivity contribution is 7.89. The third-order valence-electron chi connectivity index (χ3n) is 4.24. The minimum Gasteiger partial charge on any atom is -0.383 e. The molecule has 0 saturated carbocycles. The van der Waals surface area contributed by atoms with Crippen molar-refractivity contribution in [2.45, 2.75) is 24.3 Å². The average molecular weight is 414 g/mol. The topological polar surface area (TPSA) is 143 Å². The summed E-state index contributed by atoms with van der Waals surface area (Å²) in [5, 5.41) is 2.87. The van der Waals surface area contributed by atoms with Gasteiger partial charge in [-0.2, -0.15) is 0 Å². The van der Waals surface area contributed by atoms with Crippen molar-refractivity contribution in [1.29, 1.82) is 0 Å². The number of aromatic amines is 1. The molecule has 29 heavy (non-hydrogen) atoms. The van der Waals surface area contributed by atoms with E-state index in [1.165, 1.54) is 19.3 Å². The number of H-pyrrole nitrogens is 1. The molecule has 1 aromatic carbocycles. The molecule has 0 bridgehead atoms. The van der Waals surface area contributed by atoms with Crippen LogP contribution in [0, 0.1) is 0 Å². The number of anilines is 1. The van der Waals surface area contributed by atoms with Gasteiger partial charge < -0.3 is 16.0 Å². The smallest absolute Gasteiger partial charge is 0.287 e. The Morgan fingerprint density at radius 2 is 2.10 bits per heavy atom. The van der Waals surface area contributed by atoms with Crippen LogP contribution in [0.25, 0.3) is 17.1 Å². The van der Waals surface area contributed by atoms with E-state index in [4.69, 9.17) is 5.73 Å². The molecular formula is C19H22N6O3S. The molecular weight excluding hydrogens is 392 g/mol. The number of imidazole rings is 1. The molecule has 9 nitrogen and oxygen atoms in total. The standard InChI is InChI=1S/C19H22N6O3S/c1-12(23-19(26)18-24-14-8-3-4-9-15(14)25-18)6-5-7-13-10-16(17(20)22-11-13)29(27,28)21-2/h3-5,7-12,21H,6H2,1-2H3,(H2,20,22)(H,23,26)(H,24,25)/b7-5+/t12-/m0/s1. The molecule has 0 spiro atoms. The fourth-order valence-corrected chi connectivity index (χ4v) is 3.55. The van der Waals surface area contributed by atoms with Gasteiger partial charge in [0.05, 0.1) is 11.0 Å². The molecule has 0 saturated heterocycles. The molecule has 0 radical (unpaired) electrons. The summed E-state index contributed by atoms with van der Waals surface area (Å²) in [4.78, 5) is 23.5. The Morgan fingerprint density at radius 1 is 1.34 bits per heavy atom. The Hall–Kier alpha value is -3.24. The first-order chi connectivity index (χ1) is 13.8. The second kappa shape index (κ2) is 8.41. The van der Waals surface area contributed by atoms with Gasteiger partial charge in [0.2, 0.25) is 10.0 Å². The minimum atomic E-state index is -3.69. The van der Waals surface area contributed by atoms with E-state index >= 15 is 0 Å². The van der Waals surface area contributed by atoms with Crippen LogP contribution in [-0.4, -0.2) is 42.4 Å². The highest BCUT2D eigenvalue weighted by Gasteiger charge is 2.16. The number of pyridine rings is 1. The fraction of sp³-hybridized carbons (Fsp3) is 0.211. The van der Waals surface area contributed by atoms with Gasteiger partial charge in [0, 0.05) is 12.2 Å². The molecule has 2 heterocycles. The van der Waals surface area contributed by atoms with Gasteiger partial charge >= 0.3 is 0 Å². The van der Waals surface area contributed by atoms with Crippen molar-refractivity contribution < 1.29 is 13.2 Å². The molecule has 0 aliphatic rings. The van der Waals surface area contributed by atoms with Gasteiger partial charge in [0.15, 0.2) is 5.82 Å². The Bertz CT molecular complexity index is 1140. The zero-order chi connectivity index (χ0) is 21.0. The summed E-state index contributed by atoms with van der Waals surface area (Å²) >= 11 is 0. The van der Waals surface area contributed by atoms with Gasteiger partial charge in [-0.3, -0.25) is 4.79 Å². The fourth-order valence-electron chi connectivity index (χ4n) is 2.71. The van der Waals surface area contributed by atoms with Crippen LogP contribution in [0.15, 0.2) is 47.5 Å². The van der Waals surface area contributed by atoms with Crippen LogP contribution < -0.4 is 15.8 Å². The third-order valence-corrected chi connectivity index (χ3v) is 5.69. The molecule has 0 fully saturated rings. The van der Waals surface area contributed by atoms with E-state index in [1.807, 2.05) is 37.3 Å². The molecule has 152 valence electrons. The Kier molecular flexibility index (Phi) is 5.95. The predicted molar refractivity (Wildman–Crippen MR) is 112 cm³/mol. The van der Waals surface area contributed by atoms with Gasteiger partial charge in [-0.05, 0) is 44.2 Å². The number of para-hydroxylation sites is 2. The number of nitrogens with zero attached hydrogens (tertiary/aromatic N) is 2.